The molecule has 0 aliphatic rings. The van der Waals surface area contributed by atoms with E-state index in [-0.39, 0.29) is 24.8 Å². The second-order valence-electron chi connectivity index (χ2n) is 5.41. The first-order valence-corrected chi connectivity index (χ1v) is 8.84. The number of esters is 1. The molecule has 128 valence electrons. The van der Waals surface area contributed by atoms with Crippen molar-refractivity contribution >= 4 is 33.4 Å². The van der Waals surface area contributed by atoms with E-state index in [9.17, 15) is 9.59 Å². The summed E-state index contributed by atoms with van der Waals surface area (Å²) in [6, 6.07) is 17.1. The van der Waals surface area contributed by atoms with Crippen molar-refractivity contribution in [2.75, 3.05) is 6.61 Å². The predicted octanol–water partition coefficient (Wildman–Crippen LogP) is 2.94. The van der Waals surface area contributed by atoms with Crippen LogP contribution in [0.2, 0.25) is 0 Å². The van der Waals surface area contributed by atoms with Gasteiger partial charge in [0.25, 0.3) is 5.91 Å². The lowest BCUT2D eigenvalue weighted by molar-refractivity contribution is -0.143. The Kier molecular flexibility index (Phi) is 5.40. The largest absolute Gasteiger partial charge is 0.465 e. The number of benzene rings is 2. The molecular formula is C19H18N2O3S. The Morgan fingerprint density at radius 3 is 2.56 bits per heavy atom. The number of rotatable bonds is 5. The first-order chi connectivity index (χ1) is 12.2. The van der Waals surface area contributed by atoms with Gasteiger partial charge in [0.15, 0.2) is 4.80 Å². The van der Waals surface area contributed by atoms with Crippen molar-refractivity contribution in [1.82, 2.24) is 4.57 Å². The Labute approximate surface area is 149 Å². The number of carbonyl (C=O) groups excluding carboxylic acids is 2. The minimum Gasteiger partial charge on any atom is -0.465 e. The molecule has 0 atom stereocenters. The highest BCUT2D eigenvalue weighted by atomic mass is 32.1. The summed E-state index contributed by atoms with van der Waals surface area (Å²) >= 11 is 1.39. The SMILES string of the molecule is CCOC(=O)Cn1c(=NC(=O)Cc2ccccc2)sc2ccccc21. The third-order valence-electron chi connectivity index (χ3n) is 3.60. The van der Waals surface area contributed by atoms with Crippen LogP contribution in [0.25, 0.3) is 10.2 Å². The number of hydrogen-bond donors (Lipinski definition) is 0. The van der Waals surface area contributed by atoms with Crippen LogP contribution < -0.4 is 4.80 Å². The van der Waals surface area contributed by atoms with Crippen LogP contribution in [0.15, 0.2) is 59.6 Å². The molecule has 0 unspecified atom stereocenters. The molecular weight excluding hydrogens is 336 g/mol. The average molecular weight is 354 g/mol. The van der Waals surface area contributed by atoms with E-state index >= 15 is 0 Å². The molecule has 0 radical (unpaired) electrons. The number of ether oxygens (including phenoxy) is 1. The van der Waals surface area contributed by atoms with Gasteiger partial charge in [-0.2, -0.15) is 4.99 Å². The van der Waals surface area contributed by atoms with E-state index < -0.39 is 0 Å². The molecule has 0 aliphatic heterocycles. The van der Waals surface area contributed by atoms with Gasteiger partial charge < -0.3 is 9.30 Å². The number of carbonyl (C=O) groups is 2. The minimum absolute atomic E-state index is 0.0370. The fourth-order valence-electron chi connectivity index (χ4n) is 2.51. The molecule has 0 bridgehead atoms. The zero-order valence-electron chi connectivity index (χ0n) is 13.8. The highest BCUT2D eigenvalue weighted by molar-refractivity contribution is 7.16. The second-order valence-corrected chi connectivity index (χ2v) is 6.42. The molecule has 0 saturated carbocycles. The van der Waals surface area contributed by atoms with E-state index in [1.807, 2.05) is 54.6 Å². The smallest absolute Gasteiger partial charge is 0.326 e. The Morgan fingerprint density at radius 1 is 1.08 bits per heavy atom. The number of hydrogen-bond acceptors (Lipinski definition) is 4. The highest BCUT2D eigenvalue weighted by Gasteiger charge is 2.12. The molecule has 25 heavy (non-hydrogen) atoms. The standard InChI is InChI=1S/C19H18N2O3S/c1-2-24-18(23)13-21-15-10-6-7-11-16(15)25-19(21)20-17(22)12-14-8-4-3-5-9-14/h3-11H,2,12-13H2,1H3. The van der Waals surface area contributed by atoms with Gasteiger partial charge in [0.2, 0.25) is 0 Å². The fourth-order valence-corrected chi connectivity index (χ4v) is 3.56. The van der Waals surface area contributed by atoms with Gasteiger partial charge in [-0.25, -0.2) is 0 Å². The van der Waals surface area contributed by atoms with Crippen molar-refractivity contribution in [3.05, 3.63) is 65.0 Å². The summed E-state index contributed by atoms with van der Waals surface area (Å²) in [5, 5.41) is 0. The fraction of sp³-hybridized carbons (Fsp3) is 0.211. The third-order valence-corrected chi connectivity index (χ3v) is 4.66. The van der Waals surface area contributed by atoms with Crippen LogP contribution in [0.5, 0.6) is 0 Å². The molecule has 3 aromatic rings. The summed E-state index contributed by atoms with van der Waals surface area (Å²) in [6.07, 6.45) is 0.231. The van der Waals surface area contributed by atoms with E-state index in [1.54, 1.807) is 11.5 Å². The maximum atomic E-state index is 12.3. The molecule has 1 aromatic heterocycles. The van der Waals surface area contributed by atoms with E-state index in [4.69, 9.17) is 4.74 Å². The van der Waals surface area contributed by atoms with Crippen molar-refractivity contribution in [1.29, 1.82) is 0 Å². The third kappa shape index (κ3) is 4.22. The van der Waals surface area contributed by atoms with Crippen molar-refractivity contribution in [2.45, 2.75) is 19.9 Å². The number of amides is 1. The number of nitrogens with zero attached hydrogens (tertiary/aromatic N) is 2. The summed E-state index contributed by atoms with van der Waals surface area (Å²) < 4.78 is 7.75. The van der Waals surface area contributed by atoms with Crippen molar-refractivity contribution in [3.63, 3.8) is 0 Å². The molecule has 6 heteroatoms. The summed E-state index contributed by atoms with van der Waals surface area (Å²) in [7, 11) is 0. The van der Waals surface area contributed by atoms with Gasteiger partial charge in [0.1, 0.15) is 6.54 Å². The zero-order valence-corrected chi connectivity index (χ0v) is 14.7. The molecule has 0 aliphatic carbocycles. The molecule has 1 amide bonds. The molecule has 2 aromatic carbocycles. The van der Waals surface area contributed by atoms with E-state index in [0.717, 1.165) is 15.8 Å². The number of thiazole rings is 1. The van der Waals surface area contributed by atoms with Crippen LogP contribution in [0.4, 0.5) is 0 Å². The Balaban J connectivity index is 1.96. The van der Waals surface area contributed by atoms with Gasteiger partial charge in [0, 0.05) is 0 Å². The summed E-state index contributed by atoms with van der Waals surface area (Å²) in [5.74, 6) is -0.585. The number of para-hydroxylation sites is 1. The molecule has 0 fully saturated rings. The lowest BCUT2D eigenvalue weighted by Crippen LogP contribution is -2.23. The average Bonchev–Trinajstić information content (AvgIpc) is 2.93. The van der Waals surface area contributed by atoms with Crippen LogP contribution in [-0.2, 0) is 27.3 Å². The number of fused-ring (bicyclic) bond motifs is 1. The van der Waals surface area contributed by atoms with Crippen molar-refractivity contribution in [2.24, 2.45) is 4.99 Å². The lowest BCUT2D eigenvalue weighted by Gasteiger charge is -2.04. The summed E-state index contributed by atoms with van der Waals surface area (Å²) in [4.78, 5) is 29.0. The first-order valence-electron chi connectivity index (χ1n) is 8.03. The predicted molar refractivity (Wildman–Crippen MR) is 97.2 cm³/mol. The topological polar surface area (TPSA) is 60.7 Å². The molecule has 0 saturated heterocycles. The van der Waals surface area contributed by atoms with Gasteiger partial charge >= 0.3 is 5.97 Å². The van der Waals surface area contributed by atoms with Gasteiger partial charge in [-0.05, 0) is 24.6 Å². The monoisotopic (exact) mass is 354 g/mol. The van der Waals surface area contributed by atoms with E-state index in [1.165, 1.54) is 11.3 Å². The molecule has 1 heterocycles. The molecule has 5 nitrogen and oxygen atoms in total. The Hall–Kier alpha value is -2.73. The van der Waals surface area contributed by atoms with E-state index in [2.05, 4.69) is 4.99 Å². The van der Waals surface area contributed by atoms with Crippen molar-refractivity contribution in [3.8, 4) is 0 Å². The van der Waals surface area contributed by atoms with Crippen LogP contribution in [0.1, 0.15) is 12.5 Å². The van der Waals surface area contributed by atoms with Crippen molar-refractivity contribution < 1.29 is 14.3 Å². The first kappa shape index (κ1) is 17.1. The highest BCUT2D eigenvalue weighted by Crippen LogP contribution is 2.16. The Bertz CT molecular complexity index is 957. The normalized spacial score (nSPS) is 11.6. The van der Waals surface area contributed by atoms with E-state index in [0.29, 0.717) is 11.4 Å². The maximum Gasteiger partial charge on any atom is 0.326 e. The Morgan fingerprint density at radius 2 is 1.80 bits per heavy atom. The quantitative estimate of drug-likeness (QED) is 0.662. The van der Waals surface area contributed by atoms with Crippen LogP contribution >= 0.6 is 11.3 Å². The van der Waals surface area contributed by atoms with Gasteiger partial charge in [0.05, 0.1) is 23.2 Å². The lowest BCUT2D eigenvalue weighted by atomic mass is 10.1. The van der Waals surface area contributed by atoms with Gasteiger partial charge in [-0.15, -0.1) is 0 Å². The van der Waals surface area contributed by atoms with Crippen LogP contribution in [0.3, 0.4) is 0 Å². The van der Waals surface area contributed by atoms with Gasteiger partial charge in [-0.1, -0.05) is 53.8 Å². The van der Waals surface area contributed by atoms with Gasteiger partial charge in [-0.3, -0.25) is 9.59 Å². The molecule has 0 N–H and O–H groups in total. The zero-order chi connectivity index (χ0) is 17.6. The minimum atomic E-state index is -0.344. The summed E-state index contributed by atoms with van der Waals surface area (Å²) in [5.41, 5.74) is 1.78. The summed E-state index contributed by atoms with van der Waals surface area (Å²) in [6.45, 7) is 2.12. The van der Waals surface area contributed by atoms with Crippen LogP contribution in [0, 0.1) is 0 Å². The molecule has 3 rings (SSSR count). The van der Waals surface area contributed by atoms with Crippen LogP contribution in [-0.4, -0.2) is 23.1 Å². The number of aromatic nitrogens is 1. The second kappa shape index (κ2) is 7.90. The molecule has 0 spiro atoms. The maximum absolute atomic E-state index is 12.3.